The Balaban J connectivity index is 3.02. The van der Waals surface area contributed by atoms with Crippen LogP contribution in [0.1, 0.15) is 10.4 Å². The van der Waals surface area contributed by atoms with Gasteiger partial charge in [0.25, 0.3) is 5.91 Å². The van der Waals surface area contributed by atoms with E-state index in [1.165, 1.54) is 0 Å². The summed E-state index contributed by atoms with van der Waals surface area (Å²) in [6.45, 7) is 0.692. The van der Waals surface area contributed by atoms with Crippen molar-refractivity contribution in [3.8, 4) is 0 Å². The summed E-state index contributed by atoms with van der Waals surface area (Å²) in [6.07, 6.45) is 0. The Hall–Kier alpha value is -1.89. The maximum Gasteiger partial charge on any atom is 0.252 e. The van der Waals surface area contributed by atoms with Crippen LogP contribution in [0.5, 0.6) is 0 Å². The van der Waals surface area contributed by atoms with Crippen LogP contribution in [0.4, 0.5) is 16.0 Å². The monoisotopic (exact) mass is 213 g/mol. The molecule has 7 heteroatoms. The van der Waals surface area contributed by atoms with E-state index in [9.17, 15) is 9.18 Å². The van der Waals surface area contributed by atoms with Crippen LogP contribution in [-0.2, 0) is 0 Å². The molecule has 0 saturated carbocycles. The third-order valence-electron chi connectivity index (χ3n) is 1.71. The standard InChI is InChI=1S/C8H12FN5O/c9-5-3-4(7(12)15)6(11)14-8(5)13-2-1-10/h3H,1-2,10H2,(H2,12,15)(H3,11,13,14). The second-order valence-electron chi connectivity index (χ2n) is 2.83. The Kier molecular flexibility index (Phi) is 3.40. The summed E-state index contributed by atoms with van der Waals surface area (Å²) >= 11 is 0. The number of aromatic nitrogens is 1. The zero-order valence-electron chi connectivity index (χ0n) is 7.96. The Morgan fingerprint density at radius 1 is 1.60 bits per heavy atom. The summed E-state index contributed by atoms with van der Waals surface area (Å²) in [5.41, 5.74) is 15.5. The molecule has 0 unspecified atom stereocenters. The van der Waals surface area contributed by atoms with Gasteiger partial charge in [0.2, 0.25) is 0 Å². The maximum absolute atomic E-state index is 13.3. The number of amides is 1. The highest BCUT2D eigenvalue weighted by molar-refractivity contribution is 5.97. The number of rotatable bonds is 4. The van der Waals surface area contributed by atoms with Gasteiger partial charge in [-0.15, -0.1) is 0 Å². The Bertz CT molecular complexity index is 382. The molecule has 82 valence electrons. The number of pyridine rings is 1. The zero-order valence-corrected chi connectivity index (χ0v) is 7.96. The number of hydrogen-bond donors (Lipinski definition) is 4. The van der Waals surface area contributed by atoms with Gasteiger partial charge < -0.3 is 22.5 Å². The van der Waals surface area contributed by atoms with E-state index < -0.39 is 11.7 Å². The van der Waals surface area contributed by atoms with Crippen LogP contribution in [0.25, 0.3) is 0 Å². The molecule has 1 aromatic heterocycles. The number of carbonyl (C=O) groups is 1. The molecule has 0 aromatic carbocycles. The Labute approximate surface area is 85.6 Å². The highest BCUT2D eigenvalue weighted by Gasteiger charge is 2.12. The summed E-state index contributed by atoms with van der Waals surface area (Å²) in [7, 11) is 0. The molecular weight excluding hydrogens is 201 g/mol. The number of nitrogens with one attached hydrogen (secondary N) is 1. The normalized spacial score (nSPS) is 10.0. The number of nitrogens with zero attached hydrogens (tertiary/aromatic N) is 1. The minimum atomic E-state index is -0.815. The smallest absolute Gasteiger partial charge is 0.252 e. The third-order valence-corrected chi connectivity index (χ3v) is 1.71. The van der Waals surface area contributed by atoms with Gasteiger partial charge in [-0.05, 0) is 6.07 Å². The number of nitrogen functional groups attached to an aromatic ring is 1. The SMILES string of the molecule is NCCNc1nc(N)c(C(N)=O)cc1F. The van der Waals surface area contributed by atoms with E-state index in [1.807, 2.05) is 0 Å². The van der Waals surface area contributed by atoms with Gasteiger partial charge in [-0.1, -0.05) is 0 Å². The van der Waals surface area contributed by atoms with Crippen LogP contribution in [-0.4, -0.2) is 24.0 Å². The van der Waals surface area contributed by atoms with Gasteiger partial charge >= 0.3 is 0 Å². The van der Waals surface area contributed by atoms with E-state index in [0.717, 1.165) is 6.07 Å². The molecule has 0 fully saturated rings. The summed E-state index contributed by atoms with van der Waals surface area (Å²) in [5, 5.41) is 2.63. The summed E-state index contributed by atoms with van der Waals surface area (Å²) in [4.78, 5) is 14.5. The summed E-state index contributed by atoms with van der Waals surface area (Å²) < 4.78 is 13.3. The fourth-order valence-electron chi connectivity index (χ4n) is 1.01. The van der Waals surface area contributed by atoms with Crippen molar-refractivity contribution < 1.29 is 9.18 Å². The molecule has 1 heterocycles. The molecule has 0 atom stereocenters. The van der Waals surface area contributed by atoms with Crippen molar-refractivity contribution >= 4 is 17.5 Å². The van der Waals surface area contributed by atoms with Crippen molar-refractivity contribution in [2.24, 2.45) is 11.5 Å². The molecule has 1 amide bonds. The second-order valence-corrected chi connectivity index (χ2v) is 2.83. The van der Waals surface area contributed by atoms with Gasteiger partial charge in [-0.3, -0.25) is 4.79 Å². The average molecular weight is 213 g/mol. The fourth-order valence-corrected chi connectivity index (χ4v) is 1.01. The van der Waals surface area contributed by atoms with Crippen molar-refractivity contribution in [3.63, 3.8) is 0 Å². The molecule has 0 aliphatic heterocycles. The van der Waals surface area contributed by atoms with E-state index in [1.54, 1.807) is 0 Å². The fraction of sp³-hybridized carbons (Fsp3) is 0.250. The largest absolute Gasteiger partial charge is 0.383 e. The zero-order chi connectivity index (χ0) is 11.4. The maximum atomic E-state index is 13.3. The predicted molar refractivity (Wildman–Crippen MR) is 54.7 cm³/mol. The van der Waals surface area contributed by atoms with Crippen LogP contribution < -0.4 is 22.5 Å². The molecular formula is C8H12FN5O. The van der Waals surface area contributed by atoms with E-state index in [4.69, 9.17) is 17.2 Å². The lowest BCUT2D eigenvalue weighted by molar-refractivity contribution is 0.100. The Morgan fingerprint density at radius 3 is 2.80 bits per heavy atom. The molecule has 0 bridgehead atoms. The number of nitrogens with two attached hydrogens (primary N) is 3. The van der Waals surface area contributed by atoms with Crippen molar-refractivity contribution in [1.82, 2.24) is 4.98 Å². The number of primary amides is 1. The van der Waals surface area contributed by atoms with Gasteiger partial charge in [-0.25, -0.2) is 9.37 Å². The highest BCUT2D eigenvalue weighted by Crippen LogP contribution is 2.17. The van der Waals surface area contributed by atoms with Crippen LogP contribution in [0.15, 0.2) is 6.07 Å². The van der Waals surface area contributed by atoms with Gasteiger partial charge in [0.15, 0.2) is 11.6 Å². The molecule has 15 heavy (non-hydrogen) atoms. The first kappa shape index (κ1) is 11.2. The van der Waals surface area contributed by atoms with Crippen LogP contribution in [0.2, 0.25) is 0 Å². The van der Waals surface area contributed by atoms with Gasteiger partial charge in [-0.2, -0.15) is 0 Å². The molecule has 1 aromatic rings. The lowest BCUT2D eigenvalue weighted by Crippen LogP contribution is -2.18. The molecule has 1 rings (SSSR count). The molecule has 0 radical (unpaired) electrons. The number of hydrogen-bond acceptors (Lipinski definition) is 5. The van der Waals surface area contributed by atoms with E-state index in [0.29, 0.717) is 13.1 Å². The van der Waals surface area contributed by atoms with Gasteiger partial charge in [0.05, 0.1) is 5.56 Å². The van der Waals surface area contributed by atoms with E-state index in [2.05, 4.69) is 10.3 Å². The van der Waals surface area contributed by atoms with E-state index in [-0.39, 0.29) is 17.2 Å². The first-order valence-electron chi connectivity index (χ1n) is 4.26. The quantitative estimate of drug-likeness (QED) is 0.525. The number of halogens is 1. The van der Waals surface area contributed by atoms with Crippen molar-refractivity contribution in [2.45, 2.75) is 0 Å². The van der Waals surface area contributed by atoms with Crippen LogP contribution >= 0.6 is 0 Å². The number of anilines is 2. The second kappa shape index (κ2) is 4.56. The molecule has 0 aliphatic carbocycles. The minimum absolute atomic E-state index is 0.0389. The average Bonchev–Trinajstić information content (AvgIpc) is 2.18. The first-order valence-corrected chi connectivity index (χ1v) is 4.26. The molecule has 0 aliphatic rings. The summed E-state index contributed by atoms with van der Waals surface area (Å²) in [6, 6.07) is 0.948. The molecule has 7 N–H and O–H groups in total. The first-order chi connectivity index (χ1) is 7.06. The Morgan fingerprint density at radius 2 is 2.27 bits per heavy atom. The van der Waals surface area contributed by atoms with E-state index >= 15 is 0 Å². The molecule has 0 saturated heterocycles. The van der Waals surface area contributed by atoms with Crippen LogP contribution in [0, 0.1) is 5.82 Å². The lowest BCUT2D eigenvalue weighted by Gasteiger charge is -2.07. The summed E-state index contributed by atoms with van der Waals surface area (Å²) in [5.74, 6) is -1.65. The molecule has 6 nitrogen and oxygen atoms in total. The third kappa shape index (κ3) is 2.53. The van der Waals surface area contributed by atoms with Crippen LogP contribution in [0.3, 0.4) is 0 Å². The van der Waals surface area contributed by atoms with Crippen molar-refractivity contribution in [3.05, 3.63) is 17.4 Å². The lowest BCUT2D eigenvalue weighted by atomic mass is 10.2. The van der Waals surface area contributed by atoms with Crippen molar-refractivity contribution in [2.75, 3.05) is 24.1 Å². The topological polar surface area (TPSA) is 120 Å². The predicted octanol–water partition coefficient (Wildman–Crippen LogP) is -0.728. The van der Waals surface area contributed by atoms with Gasteiger partial charge in [0.1, 0.15) is 5.82 Å². The number of carbonyl (C=O) groups excluding carboxylic acids is 1. The highest BCUT2D eigenvalue weighted by atomic mass is 19.1. The van der Waals surface area contributed by atoms with Gasteiger partial charge in [0, 0.05) is 13.1 Å². The molecule has 0 spiro atoms. The minimum Gasteiger partial charge on any atom is -0.383 e. The van der Waals surface area contributed by atoms with Crippen molar-refractivity contribution in [1.29, 1.82) is 0 Å².